The van der Waals surface area contributed by atoms with Gasteiger partial charge >= 0.3 is 0 Å². The Morgan fingerprint density at radius 2 is 1.81 bits per heavy atom. The van der Waals surface area contributed by atoms with E-state index in [-0.39, 0.29) is 17.8 Å². The topological polar surface area (TPSA) is 27.0 Å². The maximum atomic E-state index is 9.81. The zero-order valence-corrected chi connectivity index (χ0v) is 13.7. The van der Waals surface area contributed by atoms with Gasteiger partial charge in [0.15, 0.2) is 0 Å². The van der Waals surface area contributed by atoms with Crippen molar-refractivity contribution in [1.82, 2.24) is 4.90 Å². The molecule has 1 aromatic carbocycles. The van der Waals surface area contributed by atoms with Crippen LogP contribution in [0.4, 0.5) is 0 Å². The van der Waals surface area contributed by atoms with Crippen LogP contribution in [0.25, 0.3) is 10.4 Å². The number of nitriles is 1. The van der Waals surface area contributed by atoms with Crippen molar-refractivity contribution in [3.8, 4) is 16.5 Å². The second kappa shape index (κ2) is 6.62. The van der Waals surface area contributed by atoms with Crippen molar-refractivity contribution < 1.29 is 0 Å². The number of hydrogen-bond acceptors (Lipinski definition) is 3. The molecule has 2 aromatic rings. The van der Waals surface area contributed by atoms with Gasteiger partial charge in [-0.15, -0.1) is 23.7 Å². The van der Waals surface area contributed by atoms with Crippen LogP contribution in [0.1, 0.15) is 18.4 Å². The Hall–Kier alpha value is -1.34. The summed E-state index contributed by atoms with van der Waals surface area (Å²) in [6.07, 6.45) is 1.85. The Kier molecular flexibility index (Phi) is 5.05. The molecule has 1 saturated heterocycles. The van der Waals surface area contributed by atoms with E-state index in [1.165, 1.54) is 16.0 Å². The highest BCUT2D eigenvalue weighted by Gasteiger charge is 2.37. The standard InChI is InChI=1S/C17H18N2S.ClH/c1-19-10-8-17(13-18,9-11-19)15-7-12-20-16(15)14-5-3-2-4-6-14;/h2-7,12H,8-11H2,1H3;1H. The van der Waals surface area contributed by atoms with Gasteiger partial charge in [-0.3, -0.25) is 0 Å². The molecular weight excluding hydrogens is 300 g/mol. The number of hydrogen-bond donors (Lipinski definition) is 0. The lowest BCUT2D eigenvalue weighted by Crippen LogP contribution is -2.39. The van der Waals surface area contributed by atoms with E-state index in [1.54, 1.807) is 11.3 Å². The first kappa shape index (κ1) is 16.0. The van der Waals surface area contributed by atoms with Crippen LogP contribution >= 0.6 is 23.7 Å². The first-order valence-corrected chi connectivity index (χ1v) is 7.86. The molecule has 0 saturated carbocycles. The van der Waals surface area contributed by atoms with Crippen molar-refractivity contribution in [3.05, 3.63) is 47.3 Å². The van der Waals surface area contributed by atoms with E-state index < -0.39 is 0 Å². The van der Waals surface area contributed by atoms with E-state index in [2.05, 4.69) is 53.7 Å². The summed E-state index contributed by atoms with van der Waals surface area (Å²) >= 11 is 1.75. The summed E-state index contributed by atoms with van der Waals surface area (Å²) in [5, 5.41) is 11.9. The van der Waals surface area contributed by atoms with Gasteiger partial charge in [-0.1, -0.05) is 30.3 Å². The predicted octanol–water partition coefficient (Wildman–Crippen LogP) is 4.32. The SMILES string of the molecule is CN1CCC(C#N)(c2ccsc2-c2ccccc2)CC1.Cl. The van der Waals surface area contributed by atoms with E-state index in [9.17, 15) is 5.26 Å². The smallest absolute Gasteiger partial charge is 0.0860 e. The van der Waals surface area contributed by atoms with Crippen molar-refractivity contribution in [3.63, 3.8) is 0 Å². The summed E-state index contributed by atoms with van der Waals surface area (Å²) < 4.78 is 0. The van der Waals surface area contributed by atoms with Crippen molar-refractivity contribution in [2.45, 2.75) is 18.3 Å². The third-order valence-corrected chi connectivity index (χ3v) is 5.23. The highest BCUT2D eigenvalue weighted by atomic mass is 35.5. The third-order valence-electron chi connectivity index (χ3n) is 4.27. The fourth-order valence-electron chi connectivity index (χ4n) is 2.94. The number of nitrogens with zero attached hydrogens (tertiary/aromatic N) is 2. The first-order valence-electron chi connectivity index (χ1n) is 6.98. The number of rotatable bonds is 2. The Labute approximate surface area is 136 Å². The van der Waals surface area contributed by atoms with Crippen LogP contribution < -0.4 is 0 Å². The first-order chi connectivity index (χ1) is 9.75. The molecule has 0 unspecified atom stereocenters. The van der Waals surface area contributed by atoms with Gasteiger partial charge in [0, 0.05) is 4.88 Å². The fraction of sp³-hybridized carbons (Fsp3) is 0.353. The summed E-state index contributed by atoms with van der Waals surface area (Å²) in [4.78, 5) is 3.57. The zero-order valence-electron chi connectivity index (χ0n) is 12.1. The maximum Gasteiger partial charge on any atom is 0.0860 e. The van der Waals surface area contributed by atoms with E-state index >= 15 is 0 Å². The maximum absolute atomic E-state index is 9.81. The van der Waals surface area contributed by atoms with Crippen LogP contribution in [-0.4, -0.2) is 25.0 Å². The van der Waals surface area contributed by atoms with Crippen molar-refractivity contribution in [2.24, 2.45) is 0 Å². The van der Waals surface area contributed by atoms with Crippen LogP contribution in [0, 0.1) is 11.3 Å². The third kappa shape index (κ3) is 2.98. The quantitative estimate of drug-likeness (QED) is 0.824. The molecule has 2 heterocycles. The van der Waals surface area contributed by atoms with Gasteiger partial charge in [0.2, 0.25) is 0 Å². The Morgan fingerprint density at radius 3 is 2.43 bits per heavy atom. The molecule has 0 bridgehead atoms. The van der Waals surface area contributed by atoms with Gasteiger partial charge in [0.25, 0.3) is 0 Å². The average molecular weight is 319 g/mol. The molecule has 0 spiro atoms. The Morgan fingerprint density at radius 1 is 1.14 bits per heavy atom. The normalized spacial score (nSPS) is 17.7. The molecule has 1 fully saturated rings. The molecule has 2 nitrogen and oxygen atoms in total. The summed E-state index contributed by atoms with van der Waals surface area (Å²) in [6.45, 7) is 2.00. The van der Waals surface area contributed by atoms with Crippen LogP contribution in [0.2, 0.25) is 0 Å². The van der Waals surface area contributed by atoms with E-state index in [4.69, 9.17) is 0 Å². The summed E-state index contributed by atoms with van der Waals surface area (Å²) in [7, 11) is 2.13. The Balaban J connectivity index is 0.00000161. The minimum absolute atomic E-state index is 0. The van der Waals surface area contributed by atoms with Crippen molar-refractivity contribution in [2.75, 3.05) is 20.1 Å². The molecule has 0 N–H and O–H groups in total. The average Bonchev–Trinajstić information content (AvgIpc) is 2.99. The minimum atomic E-state index is -0.308. The molecule has 1 aliphatic rings. The number of likely N-dealkylation sites (tertiary alicyclic amines) is 1. The van der Waals surface area contributed by atoms with Gasteiger partial charge in [-0.25, -0.2) is 0 Å². The predicted molar refractivity (Wildman–Crippen MR) is 91.0 cm³/mol. The molecule has 0 aliphatic carbocycles. The minimum Gasteiger partial charge on any atom is -0.306 e. The molecule has 21 heavy (non-hydrogen) atoms. The summed E-state index contributed by atoms with van der Waals surface area (Å²) in [5.41, 5.74) is 2.15. The summed E-state index contributed by atoms with van der Waals surface area (Å²) in [5.74, 6) is 0. The van der Waals surface area contributed by atoms with Gasteiger partial charge < -0.3 is 4.90 Å². The molecule has 1 aliphatic heterocycles. The van der Waals surface area contributed by atoms with Crippen LogP contribution in [-0.2, 0) is 5.41 Å². The number of halogens is 1. The molecule has 0 atom stereocenters. The second-order valence-electron chi connectivity index (χ2n) is 5.53. The van der Waals surface area contributed by atoms with Gasteiger partial charge in [-0.05, 0) is 55.6 Å². The molecule has 0 amide bonds. The number of benzene rings is 1. The van der Waals surface area contributed by atoms with Crippen molar-refractivity contribution >= 4 is 23.7 Å². The van der Waals surface area contributed by atoms with Crippen molar-refractivity contribution in [1.29, 1.82) is 5.26 Å². The lowest BCUT2D eigenvalue weighted by atomic mass is 9.73. The molecule has 0 radical (unpaired) electrons. The number of thiophene rings is 1. The largest absolute Gasteiger partial charge is 0.306 e. The zero-order chi connectivity index (χ0) is 14.0. The lowest BCUT2D eigenvalue weighted by Gasteiger charge is -2.36. The fourth-order valence-corrected chi connectivity index (χ4v) is 3.94. The van der Waals surface area contributed by atoms with Gasteiger partial charge in [-0.2, -0.15) is 5.26 Å². The highest BCUT2D eigenvalue weighted by Crippen LogP contribution is 2.42. The molecule has 4 heteroatoms. The van der Waals surface area contributed by atoms with Gasteiger partial charge in [0.05, 0.1) is 11.5 Å². The second-order valence-corrected chi connectivity index (χ2v) is 6.44. The molecule has 110 valence electrons. The van der Waals surface area contributed by atoms with Gasteiger partial charge in [0.1, 0.15) is 0 Å². The van der Waals surface area contributed by atoms with E-state index in [1.807, 2.05) is 6.07 Å². The molecule has 3 rings (SSSR count). The number of piperidine rings is 1. The van der Waals surface area contributed by atoms with Crippen LogP contribution in [0.5, 0.6) is 0 Å². The van der Waals surface area contributed by atoms with E-state index in [0.717, 1.165) is 25.9 Å². The lowest BCUT2D eigenvalue weighted by molar-refractivity contribution is 0.222. The molecule has 1 aromatic heterocycles. The monoisotopic (exact) mass is 318 g/mol. The summed E-state index contributed by atoms with van der Waals surface area (Å²) in [6, 6.07) is 15.2. The van der Waals surface area contributed by atoms with Crippen LogP contribution in [0.3, 0.4) is 0 Å². The highest BCUT2D eigenvalue weighted by molar-refractivity contribution is 7.13. The van der Waals surface area contributed by atoms with E-state index in [0.29, 0.717) is 0 Å². The van der Waals surface area contributed by atoms with Crippen LogP contribution in [0.15, 0.2) is 41.8 Å². The Bertz CT molecular complexity index is 622. The molecular formula is C17H19ClN2S.